The Kier molecular flexibility index (Phi) is 13.0. The lowest BCUT2D eigenvalue weighted by Gasteiger charge is -2.67. The molecule has 0 aliphatic rings. The number of hydrogen-bond acceptors (Lipinski definition) is 0. The highest BCUT2D eigenvalue weighted by Crippen LogP contribution is 2.48. The molecule has 0 radical (unpaired) electrons. The first-order valence-corrected chi connectivity index (χ1v) is 55.8. The molecule has 0 fully saturated rings. The summed E-state index contributed by atoms with van der Waals surface area (Å²) in [5.41, 5.74) is 0. The minimum absolute atomic E-state index is 1.18. The number of unbranched alkanes of at least 4 members (excludes halogenated alkanes) is 2. The van der Waals surface area contributed by atoms with Gasteiger partial charge in [-0.05, 0) is 0 Å². The largest absolute Gasteiger partial charge is 0.0735 e. The maximum Gasteiger partial charge on any atom is 0.0384 e. The van der Waals surface area contributed by atoms with Crippen molar-refractivity contribution in [3.05, 3.63) is 0 Å². The second kappa shape index (κ2) is 12.3. The predicted molar refractivity (Wildman–Crippen MR) is 214 cm³/mol. The molecule has 0 bridgehead atoms. The van der Waals surface area contributed by atoms with E-state index in [4.69, 9.17) is 0 Å². The molecule has 0 aliphatic carbocycles. The average Bonchev–Trinajstić information content (AvgIpc) is 2.74. The number of rotatable bonds is 15. The summed E-state index contributed by atoms with van der Waals surface area (Å²) in [4.78, 5) is 0. The van der Waals surface area contributed by atoms with Gasteiger partial charge in [0.25, 0.3) is 0 Å². The van der Waals surface area contributed by atoms with Crippen molar-refractivity contribution < 1.29 is 0 Å². The normalized spacial score (nSPS) is 16.3. The molecule has 0 nitrogen and oxygen atoms in total. The second-order valence-corrected chi connectivity index (χ2v) is 134. The minimum Gasteiger partial charge on any atom is -0.0735 e. The molecule has 38 heavy (non-hydrogen) atoms. The topological polar surface area (TPSA) is 0 Å². The van der Waals surface area contributed by atoms with Crippen LogP contribution in [0, 0.1) is 0 Å². The molecular weight excluding hydrogens is 617 g/mol. The molecule has 0 atom stereocenters. The zero-order valence-electron chi connectivity index (χ0n) is 31.2. The van der Waals surface area contributed by atoms with Crippen LogP contribution in [0.4, 0.5) is 0 Å². The van der Waals surface area contributed by atoms with E-state index in [1.807, 2.05) is 0 Å². The summed E-state index contributed by atoms with van der Waals surface area (Å²) in [6, 6.07) is 3.20. The van der Waals surface area contributed by atoms with Crippen molar-refractivity contribution in [1.82, 2.24) is 0 Å². The smallest absolute Gasteiger partial charge is 0.0384 e. The fraction of sp³-hybridized carbons (Fsp3) is 1.00. The average molecular weight is 696 g/mol. The Morgan fingerprint density at radius 1 is 0.263 bits per heavy atom. The van der Waals surface area contributed by atoms with Gasteiger partial charge >= 0.3 is 0 Å². The Labute approximate surface area is 252 Å². The lowest BCUT2D eigenvalue weighted by Crippen LogP contribution is -2.94. The van der Waals surface area contributed by atoms with E-state index in [1.54, 1.807) is 12.1 Å². The van der Waals surface area contributed by atoms with Crippen LogP contribution in [0.5, 0.6) is 0 Å². The molecule has 0 heterocycles. The van der Waals surface area contributed by atoms with Crippen LogP contribution in [0.25, 0.3) is 0 Å². The third kappa shape index (κ3) is 6.07. The summed E-state index contributed by atoms with van der Waals surface area (Å²) in [7, 11) is -13.1. The van der Waals surface area contributed by atoms with Crippen molar-refractivity contribution in [3.63, 3.8) is 0 Å². The summed E-state index contributed by atoms with van der Waals surface area (Å²) >= 11 is 0. The van der Waals surface area contributed by atoms with Crippen molar-refractivity contribution in [2.45, 2.75) is 183 Å². The SMILES string of the molecule is CCCC[Si](C)(C)[Si](C)(C)[Si](C)(C)[Si](C)(C)[Si](C)(C)[Si](C)(C)[Si](C)(C)[Si](C)(C)[Si](C)(C)[Si](C)(C)CCCC. The third-order valence-corrected chi connectivity index (χ3v) is 243. The molecule has 10 heteroatoms. The van der Waals surface area contributed by atoms with Crippen molar-refractivity contribution >= 4 is 72.1 Å². The molecule has 230 valence electrons. The van der Waals surface area contributed by atoms with Crippen molar-refractivity contribution in [3.8, 4) is 0 Å². The first-order chi connectivity index (χ1) is 16.4. The summed E-state index contributed by atoms with van der Waals surface area (Å²) in [5, 5.41) is 0. The van der Waals surface area contributed by atoms with Gasteiger partial charge in [0, 0.05) is 72.1 Å². The first kappa shape index (κ1) is 40.2. The Morgan fingerprint density at radius 2 is 0.421 bits per heavy atom. The van der Waals surface area contributed by atoms with Crippen LogP contribution >= 0.6 is 0 Å². The van der Waals surface area contributed by atoms with Crippen LogP contribution in [0.3, 0.4) is 0 Å². The van der Waals surface area contributed by atoms with Crippen molar-refractivity contribution in [2.24, 2.45) is 0 Å². The van der Waals surface area contributed by atoms with E-state index in [0.29, 0.717) is 0 Å². The van der Waals surface area contributed by atoms with E-state index in [-0.39, 0.29) is 0 Å². The summed E-state index contributed by atoms with van der Waals surface area (Å²) in [5.74, 6) is 0. The fourth-order valence-corrected chi connectivity index (χ4v) is 325. The van der Waals surface area contributed by atoms with Crippen LogP contribution in [-0.4, -0.2) is 72.1 Å². The van der Waals surface area contributed by atoms with Gasteiger partial charge in [0.2, 0.25) is 0 Å². The van der Waals surface area contributed by atoms with Crippen molar-refractivity contribution in [1.29, 1.82) is 0 Å². The van der Waals surface area contributed by atoms with E-state index in [1.165, 1.54) is 25.7 Å². The number of hydrogen-bond donors (Lipinski definition) is 0. The highest BCUT2D eigenvalue weighted by Gasteiger charge is 2.71. The molecule has 0 saturated heterocycles. The summed E-state index contributed by atoms with van der Waals surface area (Å²) < 4.78 is 0. The van der Waals surface area contributed by atoms with Gasteiger partial charge in [-0.25, -0.2) is 0 Å². The van der Waals surface area contributed by atoms with Crippen LogP contribution in [0.2, 0.25) is 143 Å². The zero-order valence-corrected chi connectivity index (χ0v) is 41.2. The van der Waals surface area contributed by atoms with Gasteiger partial charge in [0.1, 0.15) is 0 Å². The quantitative estimate of drug-likeness (QED) is 0.150. The van der Waals surface area contributed by atoms with Gasteiger partial charge in [0.15, 0.2) is 0 Å². The van der Waals surface area contributed by atoms with E-state index in [0.717, 1.165) is 0 Å². The molecule has 0 unspecified atom stereocenters. The van der Waals surface area contributed by atoms with E-state index in [9.17, 15) is 0 Å². The van der Waals surface area contributed by atoms with Gasteiger partial charge in [-0.2, -0.15) is 0 Å². The lowest BCUT2D eigenvalue weighted by molar-refractivity contribution is 0.872. The minimum atomic E-state index is -1.39. The molecule has 0 aromatic heterocycles. The van der Waals surface area contributed by atoms with Gasteiger partial charge in [0.05, 0.1) is 0 Å². The molecule has 0 aliphatic heterocycles. The lowest BCUT2D eigenvalue weighted by atomic mass is 10.4. The molecule has 0 aromatic carbocycles. The molecule has 0 rings (SSSR count). The van der Waals surface area contributed by atoms with Crippen LogP contribution < -0.4 is 0 Å². The second-order valence-electron chi connectivity index (χ2n) is 19.0. The Hall–Kier alpha value is 2.17. The molecular formula is C28H78Si10. The molecule has 0 N–H and O–H groups in total. The maximum absolute atomic E-state index is 3.03. The molecule has 0 spiro atoms. The molecule has 0 aromatic rings. The van der Waals surface area contributed by atoms with E-state index in [2.05, 4.69) is 145 Å². The summed E-state index contributed by atoms with van der Waals surface area (Å²) in [6.07, 6.45) is 5.75. The van der Waals surface area contributed by atoms with Crippen molar-refractivity contribution in [2.75, 3.05) is 0 Å². The maximum atomic E-state index is 3.03. The van der Waals surface area contributed by atoms with Gasteiger partial charge < -0.3 is 0 Å². The Balaban J connectivity index is 6.97. The molecule has 0 amide bonds. The van der Waals surface area contributed by atoms with E-state index >= 15 is 0 Å². The highest BCUT2D eigenvalue weighted by atomic mass is 30.1. The molecule has 0 saturated carbocycles. The van der Waals surface area contributed by atoms with Gasteiger partial charge in [-0.15, -0.1) is 0 Å². The van der Waals surface area contributed by atoms with Crippen LogP contribution in [0.15, 0.2) is 0 Å². The standard InChI is InChI=1S/C28H78Si10/c1-23-25-27-29(3,4)31(7,8)33(11,12)35(15,16)37(19,20)38(21,22)36(17,18)34(13,14)32(9,10)30(5,6)28-26-24-2/h23-28H2,1-22H3. The Morgan fingerprint density at radius 3 is 0.579 bits per heavy atom. The predicted octanol–water partition coefficient (Wildman–Crippen LogP) is 11.4. The van der Waals surface area contributed by atoms with Crippen LogP contribution in [0.1, 0.15) is 39.5 Å². The first-order valence-electron chi connectivity index (χ1n) is 16.4. The van der Waals surface area contributed by atoms with Gasteiger partial charge in [-0.3, -0.25) is 0 Å². The van der Waals surface area contributed by atoms with E-state index < -0.39 is 72.1 Å². The third-order valence-electron chi connectivity index (χ3n) is 16.6. The van der Waals surface area contributed by atoms with Crippen LogP contribution in [-0.2, 0) is 0 Å². The fourth-order valence-electron chi connectivity index (χ4n) is 8.24. The Bertz CT molecular complexity index is 723. The monoisotopic (exact) mass is 694 g/mol. The summed E-state index contributed by atoms with van der Waals surface area (Å²) in [6.45, 7) is 64.1. The zero-order chi connectivity index (χ0) is 31.2. The van der Waals surface area contributed by atoms with Gasteiger partial charge in [-0.1, -0.05) is 183 Å². The highest BCUT2D eigenvalue weighted by molar-refractivity contribution is 8.07.